The van der Waals surface area contributed by atoms with Crippen LogP contribution >= 0.6 is 34.8 Å². The van der Waals surface area contributed by atoms with Crippen molar-refractivity contribution in [2.45, 2.75) is 176 Å². The highest BCUT2D eigenvalue weighted by atomic mass is 35.5. The average molecular weight is 1840 g/mol. The molecule has 0 saturated carbocycles. The number of aliphatic hydroxyl groups excluding tert-OH is 6. The number of phenolic OH excluding ortho intramolecular Hbond substituents is 4. The van der Waals surface area contributed by atoms with E-state index in [9.17, 15) is 65.4 Å². The van der Waals surface area contributed by atoms with Crippen LogP contribution in [0, 0.1) is 5.92 Å². The second kappa shape index (κ2) is 40.4. The van der Waals surface area contributed by atoms with Crippen molar-refractivity contribution in [1.82, 2.24) is 47.9 Å². The third-order valence-electron chi connectivity index (χ3n) is 23.1. The van der Waals surface area contributed by atoms with Crippen LogP contribution in [0.1, 0.15) is 123 Å². The smallest absolute Gasteiger partial charge is 0.248 e. The number of nitrogens with two attached hydrogens (primary N) is 1. The fourth-order valence-corrected chi connectivity index (χ4v) is 16.7. The predicted octanol–water partition coefficient (Wildman–Crippen LogP) is 5.64. The van der Waals surface area contributed by atoms with E-state index in [4.69, 9.17) is 78.4 Å². The van der Waals surface area contributed by atoms with Gasteiger partial charge in [0.2, 0.25) is 65.0 Å². The molecule has 8 aromatic carbocycles. The van der Waals surface area contributed by atoms with Crippen molar-refractivity contribution in [2.75, 3.05) is 34.4 Å². The molecule has 36 nitrogen and oxygen atoms in total. The van der Waals surface area contributed by atoms with Gasteiger partial charge in [0.25, 0.3) is 0 Å². The van der Waals surface area contributed by atoms with Crippen molar-refractivity contribution in [2.24, 2.45) is 11.7 Å². The van der Waals surface area contributed by atoms with E-state index in [1.165, 1.54) is 51.6 Å². The van der Waals surface area contributed by atoms with Crippen molar-refractivity contribution in [3.8, 4) is 85.5 Å². The number of carbonyl (C=O) groups excluding carboxylic acids is 8. The number of primary amides is 1. The van der Waals surface area contributed by atoms with Crippen LogP contribution in [0.3, 0.4) is 0 Å². The van der Waals surface area contributed by atoms with Gasteiger partial charge in [0.05, 0.1) is 55.5 Å². The summed E-state index contributed by atoms with van der Waals surface area (Å²) in [6.07, 6.45) is -15.8. The fraction of sp³-hybridized carbons (Fsp3) is 0.378. The second-order valence-electron chi connectivity index (χ2n) is 32.6. The highest BCUT2D eigenvalue weighted by Gasteiger charge is 2.52. The second-order valence-corrected chi connectivity index (χ2v) is 33.8. The van der Waals surface area contributed by atoms with Gasteiger partial charge in [-0.2, -0.15) is 0 Å². The Bertz CT molecular complexity index is 5520. The first kappa shape index (κ1) is 94.8. The maximum absolute atomic E-state index is 15.8. The molecule has 129 heavy (non-hydrogen) atoms. The van der Waals surface area contributed by atoms with E-state index in [1.807, 2.05) is 50.2 Å². The molecule has 21 N–H and O–H groups in total. The molecule has 0 aromatic heterocycles. The quantitative estimate of drug-likeness (QED) is 0.0344. The van der Waals surface area contributed by atoms with Gasteiger partial charge in [0.15, 0.2) is 35.4 Å². The van der Waals surface area contributed by atoms with Gasteiger partial charge in [-0.3, -0.25) is 38.4 Å². The molecule has 7 aliphatic rings. The van der Waals surface area contributed by atoms with Gasteiger partial charge in [-0.05, 0) is 175 Å². The molecular formula is C90H99Cl3N10O26. The number of rotatable bonds is 23. The predicted molar refractivity (Wildman–Crippen MR) is 464 cm³/mol. The van der Waals surface area contributed by atoms with Gasteiger partial charge < -0.3 is 143 Å². The van der Waals surface area contributed by atoms with Crippen molar-refractivity contribution in [3.63, 3.8) is 0 Å². The topological polar surface area (TPSA) is 547 Å². The zero-order valence-corrected chi connectivity index (χ0v) is 72.8. The normalized spacial score (nSPS) is 25.5. The summed E-state index contributed by atoms with van der Waals surface area (Å²) in [7, 11) is 4.14. The third-order valence-corrected chi connectivity index (χ3v) is 23.9. The molecule has 686 valence electrons. The van der Waals surface area contributed by atoms with E-state index in [1.54, 1.807) is 38.1 Å². The Morgan fingerprint density at radius 3 is 1.85 bits per heavy atom. The summed E-state index contributed by atoms with van der Waals surface area (Å²) in [4.78, 5) is 119. The Kier molecular flexibility index (Phi) is 29.7. The number of fused-ring (bicyclic) bond motifs is 15. The lowest BCUT2D eigenvalue weighted by atomic mass is 9.84. The highest BCUT2D eigenvalue weighted by molar-refractivity contribution is 6.32. The molecular weight excluding hydrogens is 1740 g/mol. The SMILES string of the molecule is CN[C@H](CC(C)C)C(=O)N[C@H]1C(=O)N[C@@H](CC(N)=O)C(=O)N[C@H]2C(=O)N[C@H]3C(=O)N[C@H](C(=O)N[C@H](C(=O)NCCCc4cc(OC)c(O[C@@H]5O[C@H](CO)[C@@H](O)[C@H](O)[C@H]5O[C@H]5C[C@](C)(NCc6ccc(-c7ccc(Cl)cc7)cc6)[C@H](O)[C@H](C)O5)c(OC)c4)c4cc(O)cc(O)c4-c4cc3ccc4O)[C@H](O)c3ccc(c(Cl)c3)Oc3cc2cc(c3O)Oc2ccc(cc2Cl)[C@H]1O. The summed E-state index contributed by atoms with van der Waals surface area (Å²) < 4.78 is 49.4. The number of amides is 8. The molecule has 7 heterocycles. The Labute approximate surface area is 753 Å². The molecule has 0 spiro atoms. The molecule has 2 fully saturated rings. The molecule has 39 heteroatoms. The number of hydrogen-bond acceptors (Lipinski definition) is 28. The highest BCUT2D eigenvalue weighted by Crippen LogP contribution is 2.50. The van der Waals surface area contributed by atoms with Crippen molar-refractivity contribution >= 4 is 82.1 Å². The minimum absolute atomic E-state index is 0.00845. The molecule has 15 rings (SSSR count). The van der Waals surface area contributed by atoms with E-state index < -0.39 is 221 Å². The third kappa shape index (κ3) is 21.2. The number of nitrogens with one attached hydrogen (secondary N) is 9. The monoisotopic (exact) mass is 1840 g/mol. The maximum atomic E-state index is 15.8. The van der Waals surface area contributed by atoms with E-state index in [-0.39, 0.29) is 99.2 Å². The number of phenols is 4. The standard InChI is InChI=1S/C90H99Cl3N10O26/c1-39(2)25-55(95-5)82(115)102-72-74(109)46-17-22-59(53(92)29-46)125-61-31-48-32-62(76(61)111)126-60-23-18-47(30-54(60)93)75(110)73-88(121)101-71(52-33-50(105)34-58(107)68(52)51-28-45(16-21-57(51)106)69(85(118)103-73)100-86(119)70(48)99-83(116)56(35-66(94)108)98-87(72)120)84(117)96-24-8-9-42-26-63(122-6)79(64(27-42)123-7)129-89-80(78(113)77(112)65(38-104)127-89)128-67-36-90(4,81(114)40(3)124-67)97-37-41-10-12-43(13-11-41)44-14-19-49(91)20-15-44/h10-23,26-34,39-40,55-56,65,67,69-75,77-78,80-81,89,95,97,104-107,109-114H,8-9,24-25,35-38H2,1-7H3,(H2,94,108)(H,96,117)(H,98,120)(H,99,116)(H,100,119)(H,101,121)(H,102,115)(H,103,118)/t40-,55+,56-,65+,67-,69+,70+,71-,72+,73-,74+,75+,77+,78-,80+,81+,89-,90-/m0/s1. The summed E-state index contributed by atoms with van der Waals surface area (Å²) in [6.45, 7) is 6.44. The largest absolute Gasteiger partial charge is 0.508 e. The van der Waals surface area contributed by atoms with Crippen molar-refractivity contribution < 1.29 is 127 Å². The zero-order chi connectivity index (χ0) is 92.9. The Hall–Kier alpha value is -11.9. The summed E-state index contributed by atoms with van der Waals surface area (Å²) in [5, 5.41) is 141. The van der Waals surface area contributed by atoms with Crippen LogP contribution in [0.25, 0.3) is 22.3 Å². The summed E-state index contributed by atoms with van der Waals surface area (Å²) in [5.74, 6) is -14.5. The first-order valence-electron chi connectivity index (χ1n) is 41.2. The molecule has 0 unspecified atom stereocenters. The Balaban J connectivity index is 0.793. The molecule has 8 amide bonds. The number of aryl methyl sites for hydroxylation is 1. The number of aliphatic hydroxyl groups is 6. The van der Waals surface area contributed by atoms with Crippen molar-refractivity contribution in [3.05, 3.63) is 194 Å². The molecule has 11 bridgehead atoms. The van der Waals surface area contributed by atoms with Crippen LogP contribution in [0.4, 0.5) is 0 Å². The number of ether oxygens (including phenoxy) is 8. The first-order valence-corrected chi connectivity index (χ1v) is 42.3. The molecule has 8 aromatic rings. The molecule has 0 radical (unpaired) electrons. The molecule has 18 atom stereocenters. The fourth-order valence-electron chi connectivity index (χ4n) is 16.1. The average Bonchev–Trinajstić information content (AvgIpc) is 0.769. The van der Waals surface area contributed by atoms with Gasteiger partial charge in [-0.1, -0.05) is 103 Å². The van der Waals surface area contributed by atoms with E-state index in [0.29, 0.717) is 17.1 Å². The van der Waals surface area contributed by atoms with Crippen LogP contribution in [-0.4, -0.2) is 212 Å². The lowest BCUT2D eigenvalue weighted by Gasteiger charge is -2.48. The van der Waals surface area contributed by atoms with Gasteiger partial charge >= 0.3 is 0 Å². The molecule has 7 aliphatic heterocycles. The van der Waals surface area contributed by atoms with E-state index in [2.05, 4.69) is 47.9 Å². The van der Waals surface area contributed by atoms with Crippen LogP contribution in [0.2, 0.25) is 15.1 Å². The van der Waals surface area contributed by atoms with Gasteiger partial charge in [-0.25, -0.2) is 0 Å². The summed E-state index contributed by atoms with van der Waals surface area (Å²) >= 11 is 20.0. The minimum Gasteiger partial charge on any atom is -0.508 e. The summed E-state index contributed by atoms with van der Waals surface area (Å²) in [6, 6.07) is 19.1. The van der Waals surface area contributed by atoms with Crippen LogP contribution in [0.15, 0.2) is 140 Å². The van der Waals surface area contributed by atoms with Crippen LogP contribution in [0.5, 0.6) is 63.2 Å². The number of benzene rings is 8. The van der Waals surface area contributed by atoms with E-state index >= 15 is 24.0 Å². The van der Waals surface area contributed by atoms with Crippen LogP contribution < -0.4 is 77.3 Å². The first-order chi connectivity index (χ1) is 61.4. The lowest BCUT2D eigenvalue weighted by molar-refractivity contribution is -0.334. The maximum Gasteiger partial charge on any atom is 0.248 e. The summed E-state index contributed by atoms with van der Waals surface area (Å²) in [5.41, 5.74) is 5.74. The van der Waals surface area contributed by atoms with Crippen LogP contribution in [-0.2, 0) is 65.5 Å². The lowest BCUT2D eigenvalue weighted by Crippen LogP contribution is -2.65. The minimum atomic E-state index is -2.25. The zero-order valence-electron chi connectivity index (χ0n) is 70.5. The van der Waals surface area contributed by atoms with Gasteiger partial charge in [0, 0.05) is 47.3 Å². The van der Waals surface area contributed by atoms with E-state index in [0.717, 1.165) is 65.2 Å². The number of halogens is 3. The molecule has 0 aliphatic carbocycles. The number of likely N-dealkylation sites (N-methyl/N-ethyl adjacent to an activating group) is 1. The Morgan fingerprint density at radius 2 is 1.25 bits per heavy atom. The number of methoxy groups -OCH3 is 2. The Morgan fingerprint density at radius 1 is 0.643 bits per heavy atom. The molecule has 2 saturated heterocycles. The van der Waals surface area contributed by atoms with Gasteiger partial charge in [0.1, 0.15) is 95.5 Å². The van der Waals surface area contributed by atoms with Crippen molar-refractivity contribution in [1.29, 1.82) is 0 Å². The van der Waals surface area contributed by atoms with Gasteiger partial charge in [-0.15, -0.1) is 0 Å². The number of hydrogen-bond donors (Lipinski definition) is 20. The number of carbonyl (C=O) groups is 8. The number of aromatic hydroxyl groups is 4.